The summed E-state index contributed by atoms with van der Waals surface area (Å²) in [5.41, 5.74) is 6.40. The minimum absolute atomic E-state index is 0.260. The number of amides is 1. The van der Waals surface area contributed by atoms with Gasteiger partial charge in [0, 0.05) is 5.56 Å². The van der Waals surface area contributed by atoms with Crippen molar-refractivity contribution in [1.82, 2.24) is 0 Å². The summed E-state index contributed by atoms with van der Waals surface area (Å²) in [7, 11) is 0. The van der Waals surface area contributed by atoms with Crippen LogP contribution < -0.4 is 14.8 Å². The molecule has 8 heteroatoms. The third kappa shape index (κ3) is 4.57. The van der Waals surface area contributed by atoms with Crippen molar-refractivity contribution in [3.05, 3.63) is 71.2 Å². The number of ether oxygens (including phenoxy) is 1. The number of benzene rings is 2. The number of nitrogens with one attached hydrogen (secondary N) is 1. The Hall–Kier alpha value is -2.87. The average molecular weight is 365 g/mol. The van der Waals surface area contributed by atoms with E-state index in [0.29, 0.717) is 11.1 Å². The van der Waals surface area contributed by atoms with E-state index in [1.165, 1.54) is 35.6 Å². The number of rotatable bonds is 4. The lowest BCUT2D eigenvalue weighted by molar-refractivity contribution is -0.636. The average Bonchev–Trinajstić information content (AvgIpc) is 3.07. The molecule has 0 atom stereocenters. The molecule has 1 amide bonds. The summed E-state index contributed by atoms with van der Waals surface area (Å²) in [4.78, 5) is 12.1. The molecule has 2 aromatic carbocycles. The molecule has 1 heterocycles. The highest BCUT2D eigenvalue weighted by Crippen LogP contribution is 2.26. The molecular weight excluding hydrogens is 353 g/mol. The molecule has 0 fully saturated rings. The van der Waals surface area contributed by atoms with Gasteiger partial charge in [0.05, 0.1) is 5.38 Å². The summed E-state index contributed by atoms with van der Waals surface area (Å²) < 4.78 is 41.9. The van der Waals surface area contributed by atoms with Gasteiger partial charge in [0.1, 0.15) is 5.75 Å². The summed E-state index contributed by atoms with van der Waals surface area (Å²) in [5, 5.41) is 1.83. The van der Waals surface area contributed by atoms with Gasteiger partial charge in [-0.2, -0.15) is 0 Å². The van der Waals surface area contributed by atoms with Gasteiger partial charge >= 0.3 is 12.3 Å². The van der Waals surface area contributed by atoms with Crippen molar-refractivity contribution in [2.75, 3.05) is 5.43 Å². The van der Waals surface area contributed by atoms with Gasteiger partial charge in [0.15, 0.2) is 0 Å². The van der Waals surface area contributed by atoms with Crippen LogP contribution >= 0.6 is 11.3 Å². The second-order valence-electron chi connectivity index (χ2n) is 5.02. The quantitative estimate of drug-likeness (QED) is 0.711. The van der Waals surface area contributed by atoms with E-state index < -0.39 is 6.36 Å². The number of halogens is 3. The van der Waals surface area contributed by atoms with E-state index in [1.54, 1.807) is 40.6 Å². The van der Waals surface area contributed by atoms with Gasteiger partial charge in [-0.25, -0.2) is 0 Å². The number of hydrogen-bond donors (Lipinski definition) is 1. The Morgan fingerprint density at radius 1 is 1.00 bits per heavy atom. The summed E-state index contributed by atoms with van der Waals surface area (Å²) in [6.45, 7) is 0. The third-order valence-electron chi connectivity index (χ3n) is 3.27. The minimum atomic E-state index is -4.71. The van der Waals surface area contributed by atoms with Gasteiger partial charge in [-0.15, -0.1) is 18.6 Å². The molecular formula is C17H12F3N2O2S+. The molecule has 0 aliphatic rings. The van der Waals surface area contributed by atoms with E-state index in [-0.39, 0.29) is 11.7 Å². The zero-order valence-electron chi connectivity index (χ0n) is 12.7. The smallest absolute Gasteiger partial charge is 0.406 e. The van der Waals surface area contributed by atoms with E-state index >= 15 is 0 Å². The molecule has 0 spiro atoms. The standard InChI is InChI=1S/C17H11F3N2O2S/c18-17(19,20)24-15-7-5-13(6-8-15)12-1-3-14(4-2-12)16(23)21-22-9-10-25-11-22/h1-11H/p+1. The molecule has 0 saturated heterocycles. The largest absolute Gasteiger partial charge is 0.573 e. The van der Waals surface area contributed by atoms with Crippen molar-refractivity contribution in [3.63, 3.8) is 0 Å². The van der Waals surface area contributed by atoms with Crippen LogP contribution in [0.25, 0.3) is 11.1 Å². The van der Waals surface area contributed by atoms with Gasteiger partial charge in [0.25, 0.3) is 5.51 Å². The number of carbonyl (C=O) groups is 1. The third-order valence-corrected chi connectivity index (χ3v) is 3.90. The van der Waals surface area contributed by atoms with Crippen LogP contribution in [0.15, 0.2) is 65.6 Å². The monoisotopic (exact) mass is 365 g/mol. The van der Waals surface area contributed by atoms with Crippen molar-refractivity contribution < 1.29 is 27.4 Å². The molecule has 0 aliphatic carbocycles. The molecule has 128 valence electrons. The first-order chi connectivity index (χ1) is 11.9. The van der Waals surface area contributed by atoms with E-state index in [1.807, 2.05) is 5.38 Å². The number of hydrogen-bond acceptors (Lipinski definition) is 3. The molecule has 3 aromatic rings. The number of alkyl halides is 3. The zero-order valence-corrected chi connectivity index (χ0v) is 13.5. The maximum Gasteiger partial charge on any atom is 0.573 e. The predicted molar refractivity (Wildman–Crippen MR) is 86.8 cm³/mol. The molecule has 0 radical (unpaired) electrons. The van der Waals surface area contributed by atoms with Crippen LogP contribution in [0, 0.1) is 0 Å². The Bertz CT molecular complexity index is 845. The number of thiazole rings is 1. The van der Waals surface area contributed by atoms with Crippen LogP contribution in [0.4, 0.5) is 13.2 Å². The first-order valence-corrected chi connectivity index (χ1v) is 8.06. The van der Waals surface area contributed by atoms with Gasteiger partial charge < -0.3 is 4.74 Å². The molecule has 0 bridgehead atoms. The summed E-state index contributed by atoms with van der Waals surface area (Å²) in [5.74, 6) is -0.538. The summed E-state index contributed by atoms with van der Waals surface area (Å²) in [6, 6.07) is 12.3. The number of aromatic nitrogens is 1. The fraction of sp³-hybridized carbons (Fsp3) is 0.0588. The van der Waals surface area contributed by atoms with Crippen molar-refractivity contribution in [3.8, 4) is 16.9 Å². The topological polar surface area (TPSA) is 42.2 Å². The van der Waals surface area contributed by atoms with E-state index in [0.717, 1.165) is 5.56 Å². The minimum Gasteiger partial charge on any atom is -0.406 e. The predicted octanol–water partition coefficient (Wildman–Crippen LogP) is 3.99. The first-order valence-electron chi connectivity index (χ1n) is 7.12. The molecule has 25 heavy (non-hydrogen) atoms. The second-order valence-corrected chi connectivity index (χ2v) is 5.78. The second kappa shape index (κ2) is 6.94. The molecule has 1 aromatic heterocycles. The Morgan fingerprint density at radius 2 is 1.60 bits per heavy atom. The van der Waals surface area contributed by atoms with Crippen molar-refractivity contribution in [1.29, 1.82) is 0 Å². The highest BCUT2D eigenvalue weighted by Gasteiger charge is 2.30. The lowest BCUT2D eigenvalue weighted by Gasteiger charge is -2.09. The van der Waals surface area contributed by atoms with Gasteiger partial charge in [0.2, 0.25) is 6.20 Å². The fourth-order valence-corrected chi connectivity index (χ4v) is 2.67. The normalized spacial score (nSPS) is 11.2. The first kappa shape index (κ1) is 17.0. The van der Waals surface area contributed by atoms with E-state index in [9.17, 15) is 18.0 Å². The van der Waals surface area contributed by atoms with Crippen LogP contribution in [0.1, 0.15) is 10.4 Å². The van der Waals surface area contributed by atoms with Crippen LogP contribution in [0.5, 0.6) is 5.75 Å². The number of carbonyl (C=O) groups excluding carboxylic acids is 1. The van der Waals surface area contributed by atoms with Crippen LogP contribution in [-0.4, -0.2) is 12.3 Å². The molecule has 0 unspecified atom stereocenters. The number of nitrogens with zero attached hydrogens (tertiary/aromatic N) is 1. The maximum atomic E-state index is 12.2. The Morgan fingerprint density at radius 3 is 2.12 bits per heavy atom. The van der Waals surface area contributed by atoms with Crippen molar-refractivity contribution in [2.45, 2.75) is 6.36 Å². The van der Waals surface area contributed by atoms with Crippen LogP contribution in [0.2, 0.25) is 0 Å². The SMILES string of the molecule is O=C(N[n+]1ccsc1)c1ccc(-c2ccc(OC(F)(F)F)cc2)cc1. The molecule has 0 saturated carbocycles. The zero-order chi connectivity index (χ0) is 17.9. The highest BCUT2D eigenvalue weighted by atomic mass is 32.1. The van der Waals surface area contributed by atoms with Gasteiger partial charge in [-0.05, 0) is 35.4 Å². The van der Waals surface area contributed by atoms with E-state index in [4.69, 9.17) is 0 Å². The van der Waals surface area contributed by atoms with Crippen molar-refractivity contribution >= 4 is 17.2 Å². The molecule has 1 N–H and O–H groups in total. The Labute approximate surface area is 145 Å². The van der Waals surface area contributed by atoms with E-state index in [2.05, 4.69) is 10.2 Å². The summed E-state index contributed by atoms with van der Waals surface area (Å²) in [6.07, 6.45) is -2.99. The molecule has 0 aliphatic heterocycles. The van der Waals surface area contributed by atoms with Gasteiger partial charge in [-0.1, -0.05) is 40.3 Å². The maximum absolute atomic E-state index is 12.2. The fourth-order valence-electron chi connectivity index (χ4n) is 2.15. The summed E-state index contributed by atoms with van der Waals surface area (Å²) >= 11 is 1.45. The molecule has 4 nitrogen and oxygen atoms in total. The Balaban J connectivity index is 1.70. The molecule has 3 rings (SSSR count). The lowest BCUT2D eigenvalue weighted by Crippen LogP contribution is -2.46. The lowest BCUT2D eigenvalue weighted by atomic mass is 10.0. The van der Waals surface area contributed by atoms with Crippen LogP contribution in [0.3, 0.4) is 0 Å². The van der Waals surface area contributed by atoms with Gasteiger partial charge in [-0.3, -0.25) is 4.79 Å². The Kier molecular flexibility index (Phi) is 4.71. The van der Waals surface area contributed by atoms with Crippen molar-refractivity contribution in [2.24, 2.45) is 0 Å². The van der Waals surface area contributed by atoms with Crippen LogP contribution in [-0.2, 0) is 0 Å². The highest BCUT2D eigenvalue weighted by molar-refractivity contribution is 7.07.